The van der Waals surface area contributed by atoms with Crippen LogP contribution < -0.4 is 5.32 Å². The van der Waals surface area contributed by atoms with Gasteiger partial charge in [-0.05, 0) is 36.9 Å². The van der Waals surface area contributed by atoms with Gasteiger partial charge < -0.3 is 10.1 Å². The topological polar surface area (TPSA) is 41.6 Å². The van der Waals surface area contributed by atoms with E-state index in [4.69, 9.17) is 4.74 Å². The molecular formula is C17H22N2O2S. The molecule has 3 rings (SSSR count). The van der Waals surface area contributed by atoms with Crippen LogP contribution in [0.15, 0.2) is 24.3 Å². The van der Waals surface area contributed by atoms with Crippen molar-refractivity contribution in [2.24, 2.45) is 0 Å². The molecule has 1 aliphatic heterocycles. The van der Waals surface area contributed by atoms with E-state index in [0.717, 1.165) is 56.3 Å². The highest BCUT2D eigenvalue weighted by atomic mass is 32.1. The van der Waals surface area contributed by atoms with E-state index < -0.39 is 0 Å². The standard InChI is InChI=1S/C17H22N2O2S/c1-13-14-5-2-3-6-15(14)22-16(13)17(20)18-7-4-8-19-9-11-21-12-10-19/h2-3,5-6H,4,7-12H2,1H3,(H,18,20). The fourth-order valence-electron chi connectivity index (χ4n) is 2.80. The number of morpholine rings is 1. The van der Waals surface area contributed by atoms with Crippen LogP contribution in [-0.2, 0) is 4.74 Å². The number of benzene rings is 1. The van der Waals surface area contributed by atoms with Crippen molar-refractivity contribution in [3.8, 4) is 0 Å². The zero-order valence-corrected chi connectivity index (χ0v) is 13.7. The van der Waals surface area contributed by atoms with E-state index in [0.29, 0.717) is 0 Å². The van der Waals surface area contributed by atoms with E-state index in [-0.39, 0.29) is 5.91 Å². The third-order valence-corrected chi connectivity index (χ3v) is 5.36. The van der Waals surface area contributed by atoms with Crippen LogP contribution in [0.4, 0.5) is 0 Å². The summed E-state index contributed by atoms with van der Waals surface area (Å²) in [6.07, 6.45) is 0.982. The highest BCUT2D eigenvalue weighted by Crippen LogP contribution is 2.30. The molecule has 1 aromatic heterocycles. The maximum Gasteiger partial charge on any atom is 0.261 e. The van der Waals surface area contributed by atoms with E-state index in [9.17, 15) is 4.79 Å². The molecular weight excluding hydrogens is 296 g/mol. The SMILES string of the molecule is Cc1c(C(=O)NCCCN2CCOCC2)sc2ccccc12. The summed E-state index contributed by atoms with van der Waals surface area (Å²) in [5.41, 5.74) is 1.09. The van der Waals surface area contributed by atoms with Crippen LogP contribution in [0.3, 0.4) is 0 Å². The Morgan fingerprint density at radius 1 is 1.32 bits per heavy atom. The van der Waals surface area contributed by atoms with Crippen LogP contribution in [0.1, 0.15) is 21.7 Å². The Bertz CT molecular complexity index is 647. The van der Waals surface area contributed by atoms with Crippen molar-refractivity contribution in [1.82, 2.24) is 10.2 Å². The number of ether oxygens (including phenoxy) is 1. The molecule has 0 radical (unpaired) electrons. The first-order chi connectivity index (χ1) is 10.8. The molecule has 1 saturated heterocycles. The lowest BCUT2D eigenvalue weighted by atomic mass is 10.1. The first kappa shape index (κ1) is 15.5. The molecule has 118 valence electrons. The zero-order valence-electron chi connectivity index (χ0n) is 12.9. The Morgan fingerprint density at radius 2 is 2.09 bits per heavy atom. The molecule has 0 unspecified atom stereocenters. The fourth-order valence-corrected chi connectivity index (χ4v) is 3.93. The van der Waals surface area contributed by atoms with Gasteiger partial charge in [0.05, 0.1) is 18.1 Å². The summed E-state index contributed by atoms with van der Waals surface area (Å²) in [7, 11) is 0. The van der Waals surface area contributed by atoms with Gasteiger partial charge in [-0.1, -0.05) is 18.2 Å². The summed E-state index contributed by atoms with van der Waals surface area (Å²) in [6.45, 7) is 7.44. The van der Waals surface area contributed by atoms with Gasteiger partial charge in [0.15, 0.2) is 0 Å². The quantitative estimate of drug-likeness (QED) is 0.862. The highest BCUT2D eigenvalue weighted by molar-refractivity contribution is 7.21. The minimum atomic E-state index is 0.0562. The third kappa shape index (κ3) is 3.48. The number of aryl methyl sites for hydroxylation is 1. The van der Waals surface area contributed by atoms with Gasteiger partial charge in [0.1, 0.15) is 0 Å². The molecule has 1 aromatic carbocycles. The van der Waals surface area contributed by atoms with Gasteiger partial charge in [-0.15, -0.1) is 11.3 Å². The monoisotopic (exact) mass is 318 g/mol. The van der Waals surface area contributed by atoms with Crippen molar-refractivity contribution in [2.75, 3.05) is 39.4 Å². The van der Waals surface area contributed by atoms with Crippen molar-refractivity contribution in [3.05, 3.63) is 34.7 Å². The molecule has 2 aromatic rings. The van der Waals surface area contributed by atoms with Crippen molar-refractivity contribution < 1.29 is 9.53 Å². The average molecular weight is 318 g/mol. The number of rotatable bonds is 5. The fraction of sp³-hybridized carbons (Fsp3) is 0.471. The minimum absolute atomic E-state index is 0.0562. The van der Waals surface area contributed by atoms with Crippen LogP contribution in [0, 0.1) is 6.92 Å². The number of carbonyl (C=O) groups is 1. The summed E-state index contributed by atoms with van der Waals surface area (Å²) in [6, 6.07) is 8.19. The summed E-state index contributed by atoms with van der Waals surface area (Å²) < 4.78 is 6.51. The lowest BCUT2D eigenvalue weighted by Gasteiger charge is -2.26. The molecule has 1 fully saturated rings. The molecule has 4 nitrogen and oxygen atoms in total. The van der Waals surface area contributed by atoms with Crippen molar-refractivity contribution in [1.29, 1.82) is 0 Å². The Kier molecular flexibility index (Phi) is 5.08. The number of amides is 1. The lowest BCUT2D eigenvalue weighted by molar-refractivity contribution is 0.0374. The molecule has 0 atom stereocenters. The number of thiophene rings is 1. The minimum Gasteiger partial charge on any atom is -0.379 e. The van der Waals surface area contributed by atoms with Gasteiger partial charge in [0, 0.05) is 24.3 Å². The second-order valence-electron chi connectivity index (χ2n) is 5.62. The lowest BCUT2D eigenvalue weighted by Crippen LogP contribution is -2.38. The molecule has 2 heterocycles. The molecule has 1 amide bonds. The molecule has 22 heavy (non-hydrogen) atoms. The highest BCUT2D eigenvalue weighted by Gasteiger charge is 2.15. The summed E-state index contributed by atoms with van der Waals surface area (Å²) in [5.74, 6) is 0.0562. The van der Waals surface area contributed by atoms with Gasteiger partial charge in [0.2, 0.25) is 0 Å². The number of fused-ring (bicyclic) bond motifs is 1. The van der Waals surface area contributed by atoms with Crippen LogP contribution >= 0.6 is 11.3 Å². The van der Waals surface area contributed by atoms with Crippen LogP contribution in [-0.4, -0.2) is 50.2 Å². The maximum atomic E-state index is 12.4. The Hall–Kier alpha value is -1.43. The van der Waals surface area contributed by atoms with Crippen LogP contribution in [0.25, 0.3) is 10.1 Å². The molecule has 0 spiro atoms. The van der Waals surface area contributed by atoms with Gasteiger partial charge in [-0.25, -0.2) is 0 Å². The van der Waals surface area contributed by atoms with Gasteiger partial charge in [-0.3, -0.25) is 9.69 Å². The Balaban J connectivity index is 1.51. The summed E-state index contributed by atoms with van der Waals surface area (Å²) in [4.78, 5) is 15.6. The Labute approximate surface area is 135 Å². The van der Waals surface area contributed by atoms with Crippen LogP contribution in [0.2, 0.25) is 0 Å². The molecule has 0 bridgehead atoms. The molecule has 1 aliphatic rings. The second-order valence-corrected chi connectivity index (χ2v) is 6.67. The number of nitrogens with one attached hydrogen (secondary N) is 1. The molecule has 1 N–H and O–H groups in total. The summed E-state index contributed by atoms with van der Waals surface area (Å²) >= 11 is 1.58. The van der Waals surface area contributed by atoms with E-state index >= 15 is 0 Å². The van der Waals surface area contributed by atoms with E-state index in [1.165, 1.54) is 10.1 Å². The van der Waals surface area contributed by atoms with Crippen molar-refractivity contribution >= 4 is 27.3 Å². The Morgan fingerprint density at radius 3 is 2.86 bits per heavy atom. The predicted molar refractivity (Wildman–Crippen MR) is 90.8 cm³/mol. The number of nitrogens with zero attached hydrogens (tertiary/aromatic N) is 1. The van der Waals surface area contributed by atoms with Gasteiger partial charge in [0.25, 0.3) is 5.91 Å². The maximum absolute atomic E-state index is 12.4. The zero-order chi connectivity index (χ0) is 15.4. The second kappa shape index (κ2) is 7.22. The number of hydrogen-bond acceptors (Lipinski definition) is 4. The average Bonchev–Trinajstić information content (AvgIpc) is 2.90. The van der Waals surface area contributed by atoms with Crippen molar-refractivity contribution in [3.63, 3.8) is 0 Å². The molecule has 0 saturated carbocycles. The largest absolute Gasteiger partial charge is 0.379 e. The van der Waals surface area contributed by atoms with Crippen LogP contribution in [0.5, 0.6) is 0 Å². The molecule has 0 aliphatic carbocycles. The molecule has 5 heteroatoms. The van der Waals surface area contributed by atoms with E-state index in [1.54, 1.807) is 11.3 Å². The smallest absolute Gasteiger partial charge is 0.261 e. The number of carbonyl (C=O) groups excluding carboxylic acids is 1. The van der Waals surface area contributed by atoms with Gasteiger partial charge >= 0.3 is 0 Å². The third-order valence-electron chi connectivity index (χ3n) is 4.09. The van der Waals surface area contributed by atoms with E-state index in [1.807, 2.05) is 19.1 Å². The predicted octanol–water partition coefficient (Wildman–Crippen LogP) is 2.66. The number of hydrogen-bond donors (Lipinski definition) is 1. The van der Waals surface area contributed by atoms with Crippen molar-refractivity contribution in [2.45, 2.75) is 13.3 Å². The van der Waals surface area contributed by atoms with E-state index in [2.05, 4.69) is 22.3 Å². The summed E-state index contributed by atoms with van der Waals surface area (Å²) in [5, 5.41) is 4.24. The first-order valence-corrected chi connectivity index (χ1v) is 8.64. The normalized spacial score (nSPS) is 16.0. The first-order valence-electron chi connectivity index (χ1n) is 7.82. The van der Waals surface area contributed by atoms with Gasteiger partial charge in [-0.2, -0.15) is 0 Å².